The minimum Gasteiger partial charge on any atom is -0.371 e. The minimum absolute atomic E-state index is 0.00189. The molecule has 0 spiro atoms. The molecular weight excluding hydrogens is 565 g/mol. The molecule has 3 heterocycles. The molecular formula is C32H36FN7O4. The van der Waals surface area contributed by atoms with Crippen LogP contribution in [0.4, 0.5) is 4.39 Å². The zero-order valence-electron chi connectivity index (χ0n) is 24.7. The van der Waals surface area contributed by atoms with E-state index < -0.39 is 29.9 Å². The Kier molecular flexibility index (Phi) is 9.59. The Balaban J connectivity index is 1.30. The fourth-order valence-corrected chi connectivity index (χ4v) is 5.60. The summed E-state index contributed by atoms with van der Waals surface area (Å²) in [5.41, 5.74) is 8.69. The lowest BCUT2D eigenvalue weighted by atomic mass is 10.0. The molecule has 0 radical (unpaired) electrons. The summed E-state index contributed by atoms with van der Waals surface area (Å²) < 4.78 is 22.2. The maximum atomic E-state index is 14.7. The highest BCUT2D eigenvalue weighted by molar-refractivity contribution is 6.05. The molecule has 5 rings (SSSR count). The number of primary amides is 1. The fourth-order valence-electron chi connectivity index (χ4n) is 5.60. The molecule has 230 valence electrons. The number of hydrogen-bond acceptors (Lipinski definition) is 7. The number of nitrogens with zero attached hydrogens (tertiary/aromatic N) is 5. The predicted octanol–water partition coefficient (Wildman–Crippen LogP) is 3.42. The molecule has 11 nitrogen and oxygen atoms in total. The third-order valence-corrected chi connectivity index (χ3v) is 7.87. The van der Waals surface area contributed by atoms with Crippen LogP contribution in [-0.2, 0) is 27.5 Å². The molecule has 0 aliphatic carbocycles. The molecule has 0 saturated carbocycles. The summed E-state index contributed by atoms with van der Waals surface area (Å²) in [4.78, 5) is 40.4. The van der Waals surface area contributed by atoms with Crippen LogP contribution in [0.15, 0.2) is 67.0 Å². The summed E-state index contributed by atoms with van der Waals surface area (Å²) in [5, 5.41) is 15.4. The number of benzene rings is 2. The van der Waals surface area contributed by atoms with Crippen LogP contribution in [0, 0.1) is 0 Å². The summed E-state index contributed by atoms with van der Waals surface area (Å²) in [6, 6.07) is 15.5. The zero-order valence-corrected chi connectivity index (χ0v) is 24.7. The molecule has 1 saturated heterocycles. The summed E-state index contributed by atoms with van der Waals surface area (Å²) >= 11 is 0. The number of rotatable bonds is 12. The van der Waals surface area contributed by atoms with Crippen LogP contribution < -0.4 is 11.1 Å². The lowest BCUT2D eigenvalue weighted by Crippen LogP contribution is -2.51. The predicted molar refractivity (Wildman–Crippen MR) is 162 cm³/mol. The van der Waals surface area contributed by atoms with Gasteiger partial charge in [-0.1, -0.05) is 49.7 Å². The monoisotopic (exact) mass is 601 g/mol. The molecule has 1 aliphatic rings. The Morgan fingerprint density at radius 2 is 1.91 bits per heavy atom. The Labute approximate surface area is 254 Å². The van der Waals surface area contributed by atoms with Crippen molar-refractivity contribution in [3.05, 3.63) is 78.2 Å². The van der Waals surface area contributed by atoms with E-state index in [0.29, 0.717) is 17.5 Å². The smallest absolute Gasteiger partial charge is 0.269 e. The standard InChI is InChI=1S/C32H36FN7O4/c1-3-7-28(44-19-21-8-5-4-6-9-21)20(2)37-32(43)27-15-24(33)17-39(27)29(41)18-40-26-11-10-22(23-12-13-35-36-16-23)14-25(26)30(38-40)31(34)42/h4-6,8-14,16,20,24,27-28H,3,7,15,17-19H2,1-2H3,(H2,34,42)(H,37,43)/t20-,24-,27+,28?/m1/s1. The van der Waals surface area contributed by atoms with Gasteiger partial charge in [0.05, 0.1) is 43.2 Å². The molecule has 1 aliphatic heterocycles. The van der Waals surface area contributed by atoms with Gasteiger partial charge in [-0.15, -0.1) is 0 Å². The topological polar surface area (TPSA) is 145 Å². The molecule has 2 aromatic heterocycles. The molecule has 0 bridgehead atoms. The Hall–Kier alpha value is -4.71. The molecule has 2 aromatic carbocycles. The first-order valence-electron chi connectivity index (χ1n) is 14.7. The van der Waals surface area contributed by atoms with Crippen molar-refractivity contribution < 1.29 is 23.5 Å². The van der Waals surface area contributed by atoms with Crippen molar-refractivity contribution in [2.45, 2.75) is 70.6 Å². The maximum absolute atomic E-state index is 14.7. The van der Waals surface area contributed by atoms with E-state index in [0.717, 1.165) is 29.5 Å². The molecule has 1 fully saturated rings. The van der Waals surface area contributed by atoms with Crippen LogP contribution in [-0.4, -0.2) is 73.5 Å². The largest absolute Gasteiger partial charge is 0.371 e. The molecule has 4 atom stereocenters. The molecule has 3 N–H and O–H groups in total. The van der Waals surface area contributed by atoms with E-state index in [1.807, 2.05) is 50.2 Å². The zero-order chi connectivity index (χ0) is 31.2. The van der Waals surface area contributed by atoms with E-state index in [2.05, 4.69) is 20.6 Å². The van der Waals surface area contributed by atoms with Crippen LogP contribution >= 0.6 is 0 Å². The molecule has 1 unspecified atom stereocenters. The van der Waals surface area contributed by atoms with Gasteiger partial charge in [0.2, 0.25) is 11.8 Å². The van der Waals surface area contributed by atoms with Crippen molar-refractivity contribution in [2.24, 2.45) is 5.73 Å². The lowest BCUT2D eigenvalue weighted by Gasteiger charge is -2.29. The van der Waals surface area contributed by atoms with Gasteiger partial charge in [0.25, 0.3) is 5.91 Å². The highest BCUT2D eigenvalue weighted by atomic mass is 19.1. The second kappa shape index (κ2) is 13.7. The third-order valence-electron chi connectivity index (χ3n) is 7.87. The van der Waals surface area contributed by atoms with E-state index >= 15 is 0 Å². The Morgan fingerprint density at radius 1 is 1.11 bits per heavy atom. The molecule has 12 heteroatoms. The number of ether oxygens (including phenoxy) is 1. The number of carbonyl (C=O) groups is 3. The van der Waals surface area contributed by atoms with Crippen molar-refractivity contribution in [2.75, 3.05) is 6.54 Å². The number of nitrogens with one attached hydrogen (secondary N) is 1. The van der Waals surface area contributed by atoms with Crippen molar-refractivity contribution in [3.63, 3.8) is 0 Å². The number of alkyl halides is 1. The van der Waals surface area contributed by atoms with Gasteiger partial charge >= 0.3 is 0 Å². The Morgan fingerprint density at radius 3 is 2.61 bits per heavy atom. The summed E-state index contributed by atoms with van der Waals surface area (Å²) in [6.07, 6.45) is 3.01. The van der Waals surface area contributed by atoms with Crippen LogP contribution in [0.1, 0.15) is 49.2 Å². The lowest BCUT2D eigenvalue weighted by molar-refractivity contribution is -0.139. The average molecular weight is 602 g/mol. The van der Waals surface area contributed by atoms with Crippen LogP contribution in [0.5, 0.6) is 0 Å². The maximum Gasteiger partial charge on any atom is 0.269 e. The van der Waals surface area contributed by atoms with Gasteiger partial charge in [0.15, 0.2) is 5.69 Å². The van der Waals surface area contributed by atoms with E-state index in [4.69, 9.17) is 10.5 Å². The van der Waals surface area contributed by atoms with Crippen molar-refractivity contribution in [3.8, 4) is 11.1 Å². The fraction of sp³-hybridized carbons (Fsp3) is 0.375. The van der Waals surface area contributed by atoms with Gasteiger partial charge in [-0.3, -0.25) is 19.1 Å². The quantitative estimate of drug-likeness (QED) is 0.253. The van der Waals surface area contributed by atoms with E-state index in [-0.39, 0.29) is 37.4 Å². The summed E-state index contributed by atoms with van der Waals surface area (Å²) in [5.74, 6) is -1.68. The number of halogens is 1. The summed E-state index contributed by atoms with van der Waals surface area (Å²) in [7, 11) is 0. The second-order valence-electron chi connectivity index (χ2n) is 11.0. The van der Waals surface area contributed by atoms with Crippen molar-refractivity contribution >= 4 is 28.6 Å². The third kappa shape index (κ3) is 6.91. The van der Waals surface area contributed by atoms with Gasteiger partial charge < -0.3 is 20.7 Å². The summed E-state index contributed by atoms with van der Waals surface area (Å²) in [6.45, 7) is 3.78. The number of carbonyl (C=O) groups excluding carboxylic acids is 3. The van der Waals surface area contributed by atoms with Gasteiger partial charge in [-0.05, 0) is 42.7 Å². The van der Waals surface area contributed by atoms with Gasteiger partial charge in [-0.2, -0.15) is 15.3 Å². The van der Waals surface area contributed by atoms with Crippen molar-refractivity contribution in [1.82, 2.24) is 30.2 Å². The first-order valence-corrected chi connectivity index (χ1v) is 14.7. The first-order chi connectivity index (χ1) is 21.2. The van der Waals surface area contributed by atoms with Crippen molar-refractivity contribution in [1.29, 1.82) is 0 Å². The van der Waals surface area contributed by atoms with E-state index in [1.54, 1.807) is 30.6 Å². The average Bonchev–Trinajstić information content (AvgIpc) is 3.60. The van der Waals surface area contributed by atoms with E-state index in [9.17, 15) is 18.8 Å². The van der Waals surface area contributed by atoms with Crippen LogP contribution in [0.25, 0.3) is 22.0 Å². The Bertz CT molecular complexity index is 1620. The number of fused-ring (bicyclic) bond motifs is 1. The normalized spacial score (nSPS) is 17.8. The number of hydrogen-bond donors (Lipinski definition) is 2. The van der Waals surface area contributed by atoms with E-state index in [1.165, 1.54) is 9.58 Å². The first kappa shape index (κ1) is 30.7. The number of likely N-dealkylation sites (tertiary alicyclic amines) is 1. The van der Waals surface area contributed by atoms with Crippen LogP contribution in [0.3, 0.4) is 0 Å². The molecule has 44 heavy (non-hydrogen) atoms. The molecule has 3 amide bonds. The number of amides is 3. The minimum atomic E-state index is -1.35. The highest BCUT2D eigenvalue weighted by Gasteiger charge is 2.40. The highest BCUT2D eigenvalue weighted by Crippen LogP contribution is 2.27. The SMILES string of the molecule is CCCC(OCc1ccccc1)[C@@H](C)NC(=O)[C@@H]1C[C@@H](F)CN1C(=O)Cn1nc(C(N)=O)c2cc(-c3ccnnc3)ccc21. The number of aromatic nitrogens is 4. The van der Waals surface area contributed by atoms with Crippen LogP contribution in [0.2, 0.25) is 0 Å². The van der Waals surface area contributed by atoms with Gasteiger partial charge in [-0.25, -0.2) is 4.39 Å². The molecule has 4 aromatic rings. The van der Waals surface area contributed by atoms with Gasteiger partial charge in [0.1, 0.15) is 18.8 Å². The number of nitrogens with two attached hydrogens (primary N) is 1. The van der Waals surface area contributed by atoms with Gasteiger partial charge in [0, 0.05) is 17.4 Å². The second-order valence-corrected chi connectivity index (χ2v) is 11.0.